The number of halogens is 2. The van der Waals surface area contributed by atoms with Gasteiger partial charge in [-0.2, -0.15) is 8.78 Å². The molecule has 2 fully saturated rings. The third-order valence-electron chi connectivity index (χ3n) is 9.75. The minimum absolute atomic E-state index is 0.0446. The van der Waals surface area contributed by atoms with Gasteiger partial charge in [-0.3, -0.25) is 9.59 Å². The second-order valence-corrected chi connectivity index (χ2v) is 14.0. The Balaban J connectivity index is 1.60. The number of rotatable bonds is 3. The molecular formula is C34H46F2N4O6. The number of ketones is 1. The van der Waals surface area contributed by atoms with Crippen LogP contribution in [0.5, 0.6) is 11.6 Å². The number of Topliss-reactive ketones (excluding diaryl/α,β-unsaturated/α-hetero) is 1. The minimum atomic E-state index is -3.36. The molecule has 1 aromatic heterocycles. The quantitative estimate of drug-likeness (QED) is 0.420. The molecule has 5 rings (SSSR count). The van der Waals surface area contributed by atoms with Crippen LogP contribution in [0.1, 0.15) is 91.7 Å². The van der Waals surface area contributed by atoms with Crippen molar-refractivity contribution in [3.8, 4) is 11.6 Å². The van der Waals surface area contributed by atoms with Crippen molar-refractivity contribution in [3.63, 3.8) is 0 Å². The molecule has 2 aromatic rings. The lowest BCUT2D eigenvalue weighted by Gasteiger charge is -2.35. The average Bonchev–Trinajstić information content (AvgIpc) is 3.59. The van der Waals surface area contributed by atoms with Crippen LogP contribution >= 0.6 is 0 Å². The van der Waals surface area contributed by atoms with Gasteiger partial charge in [-0.1, -0.05) is 34.1 Å². The van der Waals surface area contributed by atoms with E-state index >= 15 is 8.78 Å². The number of amides is 2. The van der Waals surface area contributed by atoms with Gasteiger partial charge >= 0.3 is 6.09 Å². The second-order valence-electron chi connectivity index (χ2n) is 14.0. The first-order chi connectivity index (χ1) is 21.7. The number of fused-ring (bicyclic) bond motifs is 5. The molecule has 3 aliphatic rings. The predicted molar refractivity (Wildman–Crippen MR) is 167 cm³/mol. The zero-order chi connectivity index (χ0) is 33.4. The molecule has 46 heavy (non-hydrogen) atoms. The van der Waals surface area contributed by atoms with E-state index in [1.54, 1.807) is 18.2 Å². The SMILES string of the molecule is CC[C@@H]1[C@@H]2CN(C(=O)[C@H](C(C)(C)C)NC(=O)O[C@@H]3CCC[C@H]3CCCCC(F)(F)c3nc4ccc(OC)cc4nc3O2)[C@@H]1C(C)=O. The first-order valence-electron chi connectivity index (χ1n) is 16.4. The van der Waals surface area contributed by atoms with Crippen molar-refractivity contribution in [2.24, 2.45) is 17.3 Å². The third-order valence-corrected chi connectivity index (χ3v) is 9.75. The van der Waals surface area contributed by atoms with Crippen molar-refractivity contribution in [3.05, 3.63) is 23.9 Å². The fourth-order valence-electron chi connectivity index (χ4n) is 7.31. The van der Waals surface area contributed by atoms with Crippen LogP contribution in [0.15, 0.2) is 18.2 Å². The maximum absolute atomic E-state index is 16.1. The summed E-state index contributed by atoms with van der Waals surface area (Å²) in [4.78, 5) is 50.9. The number of nitrogens with one attached hydrogen (secondary N) is 1. The maximum atomic E-state index is 16.1. The Hall–Kier alpha value is -3.57. The Bertz CT molecular complexity index is 1460. The van der Waals surface area contributed by atoms with Gasteiger partial charge in [-0.25, -0.2) is 14.8 Å². The number of hydrogen-bond donors (Lipinski definition) is 1. The summed E-state index contributed by atoms with van der Waals surface area (Å²) in [7, 11) is 1.50. The molecule has 2 amide bonds. The van der Waals surface area contributed by atoms with Crippen molar-refractivity contribution in [1.29, 1.82) is 0 Å². The number of hydrogen-bond acceptors (Lipinski definition) is 8. The molecule has 1 aromatic carbocycles. The summed E-state index contributed by atoms with van der Waals surface area (Å²) < 4.78 is 49.7. The lowest BCUT2D eigenvalue weighted by atomic mass is 9.85. The van der Waals surface area contributed by atoms with Gasteiger partial charge in [0.1, 0.15) is 24.0 Å². The summed E-state index contributed by atoms with van der Waals surface area (Å²) in [6.07, 6.45) is 1.85. The van der Waals surface area contributed by atoms with Gasteiger partial charge in [-0.05, 0) is 68.9 Å². The topological polar surface area (TPSA) is 120 Å². The fraction of sp³-hybridized carbons (Fsp3) is 0.676. The van der Waals surface area contributed by atoms with E-state index in [0.717, 1.165) is 12.8 Å². The molecule has 2 aliphatic heterocycles. The summed E-state index contributed by atoms with van der Waals surface area (Å²) >= 11 is 0. The molecule has 252 valence electrons. The van der Waals surface area contributed by atoms with Crippen LogP contribution in [0.4, 0.5) is 13.6 Å². The van der Waals surface area contributed by atoms with Crippen molar-refractivity contribution >= 4 is 28.8 Å². The molecule has 1 aliphatic carbocycles. The number of nitrogens with zero attached hydrogens (tertiary/aromatic N) is 3. The summed E-state index contributed by atoms with van der Waals surface area (Å²) in [5.41, 5.74) is -0.698. The molecule has 0 radical (unpaired) electrons. The predicted octanol–water partition coefficient (Wildman–Crippen LogP) is 6.19. The molecule has 0 spiro atoms. The fourth-order valence-corrected chi connectivity index (χ4v) is 7.31. The molecule has 1 saturated heterocycles. The maximum Gasteiger partial charge on any atom is 0.408 e. The molecule has 3 heterocycles. The van der Waals surface area contributed by atoms with Gasteiger partial charge in [0.15, 0.2) is 11.5 Å². The first-order valence-corrected chi connectivity index (χ1v) is 16.4. The van der Waals surface area contributed by atoms with E-state index in [1.807, 2.05) is 27.7 Å². The third kappa shape index (κ3) is 6.90. The molecule has 10 nitrogen and oxygen atoms in total. The van der Waals surface area contributed by atoms with E-state index < -0.39 is 59.6 Å². The van der Waals surface area contributed by atoms with Crippen LogP contribution < -0.4 is 14.8 Å². The Morgan fingerprint density at radius 1 is 1.07 bits per heavy atom. The molecule has 6 atom stereocenters. The zero-order valence-electron chi connectivity index (χ0n) is 27.6. The van der Waals surface area contributed by atoms with Crippen LogP contribution in [0.3, 0.4) is 0 Å². The Kier molecular flexibility index (Phi) is 9.75. The summed E-state index contributed by atoms with van der Waals surface area (Å²) in [6.45, 7) is 8.70. The van der Waals surface area contributed by atoms with Gasteiger partial charge in [0.2, 0.25) is 11.8 Å². The molecule has 2 bridgehead atoms. The summed E-state index contributed by atoms with van der Waals surface area (Å²) in [5, 5.41) is 2.82. The zero-order valence-corrected chi connectivity index (χ0v) is 27.6. The van der Waals surface area contributed by atoms with Crippen LogP contribution in [0.25, 0.3) is 11.0 Å². The van der Waals surface area contributed by atoms with Gasteiger partial charge in [0.25, 0.3) is 5.92 Å². The van der Waals surface area contributed by atoms with Gasteiger partial charge < -0.3 is 24.4 Å². The van der Waals surface area contributed by atoms with Crippen molar-refractivity contribution in [2.45, 2.75) is 116 Å². The number of alkyl halides is 2. The minimum Gasteiger partial charge on any atom is -0.497 e. The number of benzene rings is 1. The van der Waals surface area contributed by atoms with Gasteiger partial charge in [0.05, 0.1) is 30.7 Å². The number of ether oxygens (including phenoxy) is 3. The van der Waals surface area contributed by atoms with Crippen molar-refractivity contribution < 1.29 is 37.4 Å². The largest absolute Gasteiger partial charge is 0.497 e. The number of methoxy groups -OCH3 is 1. The van der Waals surface area contributed by atoms with Crippen LogP contribution in [-0.4, -0.2) is 70.6 Å². The molecule has 0 unspecified atom stereocenters. The number of aromatic nitrogens is 2. The lowest BCUT2D eigenvalue weighted by molar-refractivity contribution is -0.141. The summed E-state index contributed by atoms with van der Waals surface area (Å²) in [5.74, 6) is -4.39. The molecule has 1 N–H and O–H groups in total. The Morgan fingerprint density at radius 3 is 2.48 bits per heavy atom. The Morgan fingerprint density at radius 2 is 1.80 bits per heavy atom. The van der Waals surface area contributed by atoms with Gasteiger partial charge in [0, 0.05) is 18.4 Å². The normalized spacial score (nSPS) is 29.1. The number of carbonyl (C=O) groups excluding carboxylic acids is 3. The van der Waals surface area contributed by atoms with E-state index in [9.17, 15) is 14.4 Å². The summed E-state index contributed by atoms with van der Waals surface area (Å²) in [6, 6.07) is 2.93. The van der Waals surface area contributed by atoms with E-state index in [-0.39, 0.29) is 42.2 Å². The smallest absolute Gasteiger partial charge is 0.408 e. The van der Waals surface area contributed by atoms with Crippen molar-refractivity contribution in [1.82, 2.24) is 20.2 Å². The lowest BCUT2D eigenvalue weighted by Crippen LogP contribution is -2.57. The molecular weight excluding hydrogens is 598 g/mol. The van der Waals surface area contributed by atoms with E-state index in [0.29, 0.717) is 36.9 Å². The highest BCUT2D eigenvalue weighted by Gasteiger charge is 2.51. The highest BCUT2D eigenvalue weighted by Crippen LogP contribution is 2.42. The monoisotopic (exact) mass is 644 g/mol. The van der Waals surface area contributed by atoms with Crippen LogP contribution in [0.2, 0.25) is 0 Å². The van der Waals surface area contributed by atoms with E-state index in [1.165, 1.54) is 18.9 Å². The number of carbonyl (C=O) groups is 3. The van der Waals surface area contributed by atoms with Crippen LogP contribution in [-0.2, 0) is 20.2 Å². The molecule has 12 heteroatoms. The first kappa shape index (κ1) is 33.8. The average molecular weight is 645 g/mol. The van der Waals surface area contributed by atoms with Crippen molar-refractivity contribution in [2.75, 3.05) is 13.7 Å². The highest BCUT2D eigenvalue weighted by atomic mass is 19.3. The molecule has 1 saturated carbocycles. The van der Waals surface area contributed by atoms with E-state index in [4.69, 9.17) is 14.2 Å². The standard InChI is InChI=1S/C34H46F2N4O6/c1-7-22-26-18-40(27(22)19(2)41)31(42)29(33(3,4)5)39-32(43)46-25-13-10-12-20(25)11-8-9-16-34(35,36)28-30(45-26)38-24-17-21(44-6)14-15-23(24)37-28/h14-15,17,20,22,25-27,29H,7-13,16,18H2,1-6H3,(H,39,43)/t20-,22-,25-,26+,27-,29-/m1/s1. The Labute approximate surface area is 268 Å². The van der Waals surface area contributed by atoms with Crippen LogP contribution in [0, 0.1) is 17.3 Å². The van der Waals surface area contributed by atoms with E-state index in [2.05, 4.69) is 15.3 Å². The second kappa shape index (κ2) is 13.3. The highest BCUT2D eigenvalue weighted by molar-refractivity contribution is 5.92. The van der Waals surface area contributed by atoms with Gasteiger partial charge in [-0.15, -0.1) is 0 Å². The number of alkyl carbamates (subject to hydrolysis) is 1.